The Morgan fingerprint density at radius 2 is 1.81 bits per heavy atom. The summed E-state index contributed by atoms with van der Waals surface area (Å²) in [7, 11) is 0. The molecule has 27 heavy (non-hydrogen) atoms. The third-order valence-corrected chi connectivity index (χ3v) is 4.75. The highest BCUT2D eigenvalue weighted by atomic mass is 16.5. The molecule has 1 saturated heterocycles. The minimum absolute atomic E-state index is 0.0486. The molecule has 0 aliphatic carbocycles. The van der Waals surface area contributed by atoms with Gasteiger partial charge in [-0.2, -0.15) is 0 Å². The zero-order valence-corrected chi connectivity index (χ0v) is 16.1. The fraction of sp³-hybridized carbons (Fsp3) is 0.450. The van der Waals surface area contributed by atoms with Gasteiger partial charge in [0.1, 0.15) is 5.76 Å². The minimum atomic E-state index is -0.132. The molecule has 0 spiro atoms. The van der Waals surface area contributed by atoms with E-state index >= 15 is 0 Å². The second-order valence-electron chi connectivity index (χ2n) is 7.22. The van der Waals surface area contributed by atoms with Crippen molar-refractivity contribution in [2.45, 2.75) is 26.7 Å². The van der Waals surface area contributed by atoms with E-state index in [9.17, 15) is 9.59 Å². The van der Waals surface area contributed by atoms with Gasteiger partial charge in [-0.25, -0.2) is 0 Å². The van der Waals surface area contributed by atoms with Crippen LogP contribution in [0.2, 0.25) is 0 Å². The Labute approximate surface area is 159 Å². The van der Waals surface area contributed by atoms with Crippen LogP contribution in [0.3, 0.4) is 0 Å². The average molecular weight is 370 g/mol. The number of carbonyl (C=O) groups is 2. The van der Waals surface area contributed by atoms with Gasteiger partial charge in [0, 0.05) is 37.8 Å². The van der Waals surface area contributed by atoms with Gasteiger partial charge in [-0.3, -0.25) is 14.5 Å². The van der Waals surface area contributed by atoms with Gasteiger partial charge in [0.2, 0.25) is 5.91 Å². The first-order valence-electron chi connectivity index (χ1n) is 9.27. The van der Waals surface area contributed by atoms with Crippen molar-refractivity contribution in [3.63, 3.8) is 0 Å². The molecule has 1 fully saturated rings. The quantitative estimate of drug-likeness (QED) is 0.875. The van der Waals surface area contributed by atoms with Gasteiger partial charge in [0.25, 0.3) is 5.91 Å². The Balaban J connectivity index is 1.48. The summed E-state index contributed by atoms with van der Waals surface area (Å²) in [5.74, 6) is 1.44. The molecule has 2 aromatic rings. The number of aryl methyl sites for hydroxylation is 1. The molecule has 144 valence electrons. The van der Waals surface area contributed by atoms with Crippen LogP contribution in [0.5, 0.6) is 0 Å². The Morgan fingerprint density at radius 1 is 1.15 bits per heavy atom. The van der Waals surface area contributed by atoms with E-state index in [1.54, 1.807) is 13.0 Å². The lowest BCUT2D eigenvalue weighted by Gasteiger charge is -2.34. The van der Waals surface area contributed by atoms with Crippen LogP contribution in [0.4, 0.5) is 5.82 Å². The van der Waals surface area contributed by atoms with E-state index < -0.39 is 0 Å². The van der Waals surface area contributed by atoms with Crippen LogP contribution in [-0.4, -0.2) is 59.5 Å². The predicted octanol–water partition coefficient (Wildman–Crippen LogP) is 2.50. The standard InChI is InChI=1S/C20H26N4O3/c1-14(2)16-4-6-17(7-5-16)20(26)24-10-8-23(9-11-24)13-19(25)21-18-12-15(3)27-22-18/h4-7,12,14H,8-11,13H2,1-3H3,(H,21,22,25). The van der Waals surface area contributed by atoms with Crippen LogP contribution in [0.25, 0.3) is 0 Å². The van der Waals surface area contributed by atoms with Crippen molar-refractivity contribution in [2.75, 3.05) is 38.0 Å². The second-order valence-corrected chi connectivity index (χ2v) is 7.22. The number of nitrogens with one attached hydrogen (secondary N) is 1. The van der Waals surface area contributed by atoms with E-state index in [1.165, 1.54) is 5.56 Å². The molecule has 2 amide bonds. The van der Waals surface area contributed by atoms with Crippen molar-refractivity contribution in [3.05, 3.63) is 47.2 Å². The zero-order chi connectivity index (χ0) is 19.4. The number of hydrogen-bond acceptors (Lipinski definition) is 5. The number of nitrogens with zero attached hydrogens (tertiary/aromatic N) is 3. The van der Waals surface area contributed by atoms with Crippen molar-refractivity contribution in [3.8, 4) is 0 Å². The van der Waals surface area contributed by atoms with Crippen molar-refractivity contribution < 1.29 is 14.1 Å². The van der Waals surface area contributed by atoms with Crippen molar-refractivity contribution in [1.29, 1.82) is 0 Å². The Morgan fingerprint density at radius 3 is 2.37 bits per heavy atom. The van der Waals surface area contributed by atoms with E-state index in [0.29, 0.717) is 49.2 Å². The highest BCUT2D eigenvalue weighted by Gasteiger charge is 2.23. The first-order valence-corrected chi connectivity index (χ1v) is 9.27. The maximum atomic E-state index is 12.7. The normalized spacial score (nSPS) is 15.2. The van der Waals surface area contributed by atoms with Gasteiger partial charge < -0.3 is 14.7 Å². The molecule has 1 aromatic heterocycles. The number of anilines is 1. The summed E-state index contributed by atoms with van der Waals surface area (Å²) in [4.78, 5) is 28.6. The summed E-state index contributed by atoms with van der Waals surface area (Å²) in [6.07, 6.45) is 0. The summed E-state index contributed by atoms with van der Waals surface area (Å²) in [5, 5.41) is 6.47. The molecule has 0 unspecified atom stereocenters. The van der Waals surface area contributed by atoms with Crippen molar-refractivity contribution in [1.82, 2.24) is 15.0 Å². The highest BCUT2D eigenvalue weighted by Crippen LogP contribution is 2.16. The molecule has 1 aliphatic rings. The van der Waals surface area contributed by atoms with Gasteiger partial charge >= 0.3 is 0 Å². The smallest absolute Gasteiger partial charge is 0.253 e. The third-order valence-electron chi connectivity index (χ3n) is 4.75. The van der Waals surface area contributed by atoms with Crippen molar-refractivity contribution >= 4 is 17.6 Å². The van der Waals surface area contributed by atoms with Crippen LogP contribution in [-0.2, 0) is 4.79 Å². The van der Waals surface area contributed by atoms with E-state index in [-0.39, 0.29) is 18.4 Å². The fourth-order valence-corrected chi connectivity index (χ4v) is 3.11. The maximum absolute atomic E-state index is 12.7. The molecule has 0 atom stereocenters. The Bertz CT molecular complexity index is 790. The summed E-state index contributed by atoms with van der Waals surface area (Å²) in [6, 6.07) is 9.52. The van der Waals surface area contributed by atoms with E-state index in [4.69, 9.17) is 4.52 Å². The number of carbonyl (C=O) groups excluding carboxylic acids is 2. The van der Waals surface area contributed by atoms with Gasteiger partial charge in [-0.1, -0.05) is 31.1 Å². The summed E-state index contributed by atoms with van der Waals surface area (Å²) >= 11 is 0. The van der Waals surface area contributed by atoms with Gasteiger partial charge in [-0.05, 0) is 30.5 Å². The minimum Gasteiger partial charge on any atom is -0.360 e. The largest absolute Gasteiger partial charge is 0.360 e. The molecular weight excluding hydrogens is 344 g/mol. The van der Waals surface area contributed by atoms with Gasteiger partial charge in [0.15, 0.2) is 5.82 Å². The first-order chi connectivity index (χ1) is 12.9. The molecule has 0 saturated carbocycles. The SMILES string of the molecule is Cc1cc(NC(=O)CN2CCN(C(=O)c3ccc(C(C)C)cc3)CC2)no1. The molecule has 1 aliphatic heterocycles. The lowest BCUT2D eigenvalue weighted by molar-refractivity contribution is -0.117. The van der Waals surface area contributed by atoms with Crippen LogP contribution < -0.4 is 5.32 Å². The molecule has 7 nitrogen and oxygen atoms in total. The summed E-state index contributed by atoms with van der Waals surface area (Å²) in [6.45, 7) is 8.88. The van der Waals surface area contributed by atoms with E-state index in [2.05, 4.69) is 24.3 Å². The van der Waals surface area contributed by atoms with Crippen LogP contribution in [0.1, 0.15) is 41.4 Å². The lowest BCUT2D eigenvalue weighted by atomic mass is 10.0. The average Bonchev–Trinajstić information content (AvgIpc) is 3.06. The molecular formula is C20H26N4O3. The lowest BCUT2D eigenvalue weighted by Crippen LogP contribution is -2.50. The Hall–Kier alpha value is -2.67. The van der Waals surface area contributed by atoms with Crippen molar-refractivity contribution in [2.24, 2.45) is 0 Å². The summed E-state index contributed by atoms with van der Waals surface area (Å²) in [5.41, 5.74) is 1.94. The third kappa shape index (κ3) is 4.95. The predicted molar refractivity (Wildman–Crippen MR) is 103 cm³/mol. The highest BCUT2D eigenvalue weighted by molar-refractivity contribution is 5.94. The molecule has 7 heteroatoms. The molecule has 2 heterocycles. The Kier molecular flexibility index (Phi) is 5.91. The van der Waals surface area contributed by atoms with Crippen LogP contribution in [0, 0.1) is 6.92 Å². The zero-order valence-electron chi connectivity index (χ0n) is 16.1. The van der Waals surface area contributed by atoms with E-state index in [1.807, 2.05) is 34.1 Å². The molecule has 1 N–H and O–H groups in total. The van der Waals surface area contributed by atoms with Crippen LogP contribution >= 0.6 is 0 Å². The summed E-state index contributed by atoms with van der Waals surface area (Å²) < 4.78 is 4.94. The monoisotopic (exact) mass is 370 g/mol. The maximum Gasteiger partial charge on any atom is 0.253 e. The van der Waals surface area contributed by atoms with E-state index in [0.717, 1.165) is 0 Å². The fourth-order valence-electron chi connectivity index (χ4n) is 3.11. The first kappa shape index (κ1) is 19.1. The molecule has 1 aromatic carbocycles. The van der Waals surface area contributed by atoms with Gasteiger partial charge in [0.05, 0.1) is 6.54 Å². The second kappa shape index (κ2) is 8.35. The topological polar surface area (TPSA) is 78.7 Å². The molecule has 0 radical (unpaired) electrons. The number of hydrogen-bond donors (Lipinski definition) is 1. The number of benzene rings is 1. The number of piperazine rings is 1. The molecule has 0 bridgehead atoms. The van der Waals surface area contributed by atoms with Gasteiger partial charge in [-0.15, -0.1) is 0 Å². The van der Waals surface area contributed by atoms with Crippen LogP contribution in [0.15, 0.2) is 34.9 Å². The number of amides is 2. The number of rotatable bonds is 5. The number of aromatic nitrogens is 1. The molecule has 3 rings (SSSR count).